The van der Waals surface area contributed by atoms with Crippen LogP contribution < -0.4 is 5.32 Å². The Hall–Kier alpha value is -0.530. The number of benzene rings is 1. The van der Waals surface area contributed by atoms with Crippen molar-refractivity contribution in [3.8, 4) is 0 Å². The Kier molecular flexibility index (Phi) is 5.52. The van der Waals surface area contributed by atoms with Crippen LogP contribution in [0, 0.1) is 5.92 Å². The SMILES string of the molecule is CCCNC(CC1CCCC1)c1ccccc1Cl. The number of rotatable bonds is 6. The van der Waals surface area contributed by atoms with Gasteiger partial charge in [0.15, 0.2) is 0 Å². The van der Waals surface area contributed by atoms with Crippen LogP contribution in [-0.2, 0) is 0 Å². The molecule has 1 atom stereocenters. The molecule has 1 nitrogen and oxygen atoms in total. The molecule has 2 heteroatoms. The van der Waals surface area contributed by atoms with Gasteiger partial charge in [-0.05, 0) is 36.9 Å². The summed E-state index contributed by atoms with van der Waals surface area (Å²) in [5.74, 6) is 0.885. The van der Waals surface area contributed by atoms with E-state index in [1.807, 2.05) is 12.1 Å². The lowest BCUT2D eigenvalue weighted by atomic mass is 9.93. The third kappa shape index (κ3) is 3.73. The number of nitrogens with one attached hydrogen (secondary N) is 1. The first-order valence-electron chi connectivity index (χ1n) is 7.29. The molecule has 1 aromatic rings. The summed E-state index contributed by atoms with van der Waals surface area (Å²) in [5, 5.41) is 4.58. The molecule has 0 saturated heterocycles. The van der Waals surface area contributed by atoms with Gasteiger partial charge in [0, 0.05) is 11.1 Å². The lowest BCUT2D eigenvalue weighted by molar-refractivity contribution is 0.395. The minimum Gasteiger partial charge on any atom is -0.310 e. The van der Waals surface area contributed by atoms with E-state index in [-0.39, 0.29) is 0 Å². The van der Waals surface area contributed by atoms with Crippen molar-refractivity contribution in [2.45, 2.75) is 51.5 Å². The molecule has 1 saturated carbocycles. The average Bonchev–Trinajstić information content (AvgIpc) is 2.88. The molecule has 2 rings (SSSR count). The average molecular weight is 266 g/mol. The van der Waals surface area contributed by atoms with Gasteiger partial charge in [-0.25, -0.2) is 0 Å². The molecule has 0 aromatic heterocycles. The van der Waals surface area contributed by atoms with Crippen LogP contribution in [0.5, 0.6) is 0 Å². The Morgan fingerprint density at radius 3 is 2.67 bits per heavy atom. The van der Waals surface area contributed by atoms with Gasteiger partial charge in [-0.2, -0.15) is 0 Å². The van der Waals surface area contributed by atoms with Crippen LogP contribution in [0.3, 0.4) is 0 Å². The van der Waals surface area contributed by atoms with Gasteiger partial charge in [-0.1, -0.05) is 62.4 Å². The predicted molar refractivity (Wildman–Crippen MR) is 79.1 cm³/mol. The van der Waals surface area contributed by atoms with Crippen molar-refractivity contribution in [2.24, 2.45) is 5.92 Å². The molecule has 18 heavy (non-hydrogen) atoms. The molecule has 0 heterocycles. The zero-order valence-corrected chi connectivity index (χ0v) is 12.0. The number of hydrogen-bond donors (Lipinski definition) is 1. The normalized spacial score (nSPS) is 18.1. The second-order valence-corrected chi connectivity index (χ2v) is 5.82. The molecular formula is C16H24ClN. The van der Waals surface area contributed by atoms with Crippen molar-refractivity contribution < 1.29 is 0 Å². The van der Waals surface area contributed by atoms with E-state index in [1.165, 1.54) is 44.1 Å². The van der Waals surface area contributed by atoms with Gasteiger partial charge in [0.05, 0.1) is 0 Å². The van der Waals surface area contributed by atoms with Crippen molar-refractivity contribution in [3.63, 3.8) is 0 Å². The third-order valence-corrected chi connectivity index (χ3v) is 4.31. The summed E-state index contributed by atoms with van der Waals surface area (Å²) in [7, 11) is 0. The zero-order valence-electron chi connectivity index (χ0n) is 11.3. The summed E-state index contributed by atoms with van der Waals surface area (Å²) >= 11 is 6.34. The van der Waals surface area contributed by atoms with Gasteiger partial charge >= 0.3 is 0 Å². The molecule has 100 valence electrons. The maximum absolute atomic E-state index is 6.34. The highest BCUT2D eigenvalue weighted by atomic mass is 35.5. The first-order valence-corrected chi connectivity index (χ1v) is 7.67. The summed E-state index contributed by atoms with van der Waals surface area (Å²) in [4.78, 5) is 0. The van der Waals surface area contributed by atoms with E-state index in [9.17, 15) is 0 Å². The zero-order chi connectivity index (χ0) is 12.8. The van der Waals surface area contributed by atoms with E-state index in [0.717, 1.165) is 17.5 Å². The van der Waals surface area contributed by atoms with Crippen molar-refractivity contribution in [2.75, 3.05) is 6.54 Å². The monoisotopic (exact) mass is 265 g/mol. The molecule has 0 spiro atoms. The van der Waals surface area contributed by atoms with Crippen LogP contribution in [0.25, 0.3) is 0 Å². The summed E-state index contributed by atoms with van der Waals surface area (Å²) in [5.41, 5.74) is 1.28. The summed E-state index contributed by atoms with van der Waals surface area (Å²) in [6, 6.07) is 8.72. The lowest BCUT2D eigenvalue weighted by Gasteiger charge is -2.23. The maximum Gasteiger partial charge on any atom is 0.0453 e. The third-order valence-electron chi connectivity index (χ3n) is 3.97. The van der Waals surface area contributed by atoms with Gasteiger partial charge in [0.2, 0.25) is 0 Å². The Labute approximate surface area is 116 Å². The van der Waals surface area contributed by atoms with Crippen LogP contribution in [0.15, 0.2) is 24.3 Å². The molecule has 1 fully saturated rings. The molecule has 0 bridgehead atoms. The second kappa shape index (κ2) is 7.16. The minimum absolute atomic E-state index is 0.432. The Balaban J connectivity index is 2.06. The van der Waals surface area contributed by atoms with Gasteiger partial charge in [-0.15, -0.1) is 0 Å². The Morgan fingerprint density at radius 1 is 1.28 bits per heavy atom. The highest BCUT2D eigenvalue weighted by Crippen LogP contribution is 2.34. The topological polar surface area (TPSA) is 12.0 Å². The molecule has 0 radical (unpaired) electrons. The van der Waals surface area contributed by atoms with Gasteiger partial charge < -0.3 is 5.32 Å². The highest BCUT2D eigenvalue weighted by Gasteiger charge is 2.22. The van der Waals surface area contributed by atoms with Gasteiger partial charge in [-0.3, -0.25) is 0 Å². The van der Waals surface area contributed by atoms with Crippen LogP contribution in [0.1, 0.15) is 57.1 Å². The van der Waals surface area contributed by atoms with Crippen molar-refractivity contribution in [1.82, 2.24) is 5.32 Å². The van der Waals surface area contributed by atoms with Crippen molar-refractivity contribution in [3.05, 3.63) is 34.9 Å². The van der Waals surface area contributed by atoms with Crippen molar-refractivity contribution in [1.29, 1.82) is 0 Å². The molecule has 1 aliphatic rings. The van der Waals surface area contributed by atoms with Crippen LogP contribution >= 0.6 is 11.6 Å². The fraction of sp³-hybridized carbons (Fsp3) is 0.625. The van der Waals surface area contributed by atoms with Gasteiger partial charge in [0.25, 0.3) is 0 Å². The maximum atomic E-state index is 6.34. The quantitative estimate of drug-likeness (QED) is 0.766. The predicted octanol–water partition coefficient (Wildman–Crippen LogP) is 4.96. The first kappa shape index (κ1) is 13.9. The van der Waals surface area contributed by atoms with E-state index in [1.54, 1.807) is 0 Å². The molecule has 0 amide bonds. The summed E-state index contributed by atoms with van der Waals surface area (Å²) < 4.78 is 0. The molecular weight excluding hydrogens is 242 g/mol. The standard InChI is InChI=1S/C16H24ClN/c1-2-11-18-16(12-13-7-3-4-8-13)14-9-5-6-10-15(14)17/h5-6,9-10,13,16,18H,2-4,7-8,11-12H2,1H3. The van der Waals surface area contributed by atoms with E-state index in [4.69, 9.17) is 11.6 Å². The smallest absolute Gasteiger partial charge is 0.0453 e. The molecule has 1 N–H and O–H groups in total. The van der Waals surface area contributed by atoms with Crippen LogP contribution in [0.2, 0.25) is 5.02 Å². The van der Waals surface area contributed by atoms with E-state index in [2.05, 4.69) is 24.4 Å². The summed E-state index contributed by atoms with van der Waals surface area (Å²) in [6.07, 6.45) is 8.03. The lowest BCUT2D eigenvalue weighted by Crippen LogP contribution is -2.24. The minimum atomic E-state index is 0.432. The second-order valence-electron chi connectivity index (χ2n) is 5.41. The fourth-order valence-corrected chi connectivity index (χ4v) is 3.24. The highest BCUT2D eigenvalue weighted by molar-refractivity contribution is 6.31. The Bertz CT molecular complexity index is 358. The van der Waals surface area contributed by atoms with E-state index >= 15 is 0 Å². The molecule has 1 unspecified atom stereocenters. The van der Waals surface area contributed by atoms with Crippen LogP contribution in [-0.4, -0.2) is 6.54 Å². The fourth-order valence-electron chi connectivity index (χ4n) is 2.98. The number of hydrogen-bond acceptors (Lipinski definition) is 1. The van der Waals surface area contributed by atoms with Crippen LogP contribution in [0.4, 0.5) is 0 Å². The van der Waals surface area contributed by atoms with E-state index < -0.39 is 0 Å². The Morgan fingerprint density at radius 2 is 2.00 bits per heavy atom. The first-order chi connectivity index (χ1) is 8.81. The number of halogens is 1. The van der Waals surface area contributed by atoms with E-state index in [0.29, 0.717) is 6.04 Å². The molecule has 1 aliphatic carbocycles. The largest absolute Gasteiger partial charge is 0.310 e. The summed E-state index contributed by atoms with van der Waals surface area (Å²) in [6.45, 7) is 3.29. The van der Waals surface area contributed by atoms with Gasteiger partial charge in [0.1, 0.15) is 0 Å². The van der Waals surface area contributed by atoms with Crippen molar-refractivity contribution >= 4 is 11.6 Å². The molecule has 1 aromatic carbocycles. The molecule has 0 aliphatic heterocycles.